The van der Waals surface area contributed by atoms with Crippen LogP contribution in [0.1, 0.15) is 90.0 Å². The van der Waals surface area contributed by atoms with Gasteiger partial charge in [-0.3, -0.25) is 0 Å². The van der Waals surface area contributed by atoms with E-state index in [1.807, 2.05) is 0 Å². The predicted octanol–water partition coefficient (Wildman–Crippen LogP) is 9.91. The van der Waals surface area contributed by atoms with Gasteiger partial charge in [0.1, 0.15) is 0 Å². The number of hydrogen-bond acceptors (Lipinski definition) is 0. The average Bonchev–Trinajstić information content (AvgIpc) is 3.58. The molecule has 4 aromatic carbocycles. The van der Waals surface area contributed by atoms with Gasteiger partial charge in [0.15, 0.2) is 0 Å². The van der Waals surface area contributed by atoms with Gasteiger partial charge in [0.2, 0.25) is 0 Å². The van der Waals surface area contributed by atoms with Gasteiger partial charge in [0.25, 0.3) is 0 Å². The van der Waals surface area contributed by atoms with Crippen molar-refractivity contribution in [2.75, 3.05) is 0 Å². The molecule has 6 rings (SSSR count). The fraction of sp³-hybridized carbons (Fsp3) is 0.256. The Morgan fingerprint density at radius 3 is 1.73 bits per heavy atom. The molecule has 0 nitrogen and oxygen atoms in total. The molecule has 0 N–H and O–H groups in total. The van der Waals surface area contributed by atoms with Gasteiger partial charge < -0.3 is 0 Å². The zero-order chi connectivity index (χ0) is 28.1. The third kappa shape index (κ3) is 5.03. The van der Waals surface area contributed by atoms with Crippen molar-refractivity contribution < 1.29 is 22.8 Å². The molecule has 40 heavy (non-hydrogen) atoms. The molecule has 0 bridgehead atoms. The molecule has 0 saturated carbocycles. The number of allylic oxidation sites excluding steroid dienone is 4. The SMILES string of the molecule is CC(C)(C)c1ccc2c(c1)[CH]([Zr]=[C](c1ccccc1)c1ccccc1)c1c-2ccc(C(C)(C)C)c1C1C=CC=C1. The van der Waals surface area contributed by atoms with Crippen molar-refractivity contribution in [1.82, 2.24) is 0 Å². The van der Waals surface area contributed by atoms with Crippen LogP contribution in [0.5, 0.6) is 0 Å². The van der Waals surface area contributed by atoms with Crippen molar-refractivity contribution >= 4 is 3.21 Å². The third-order valence-corrected chi connectivity index (χ3v) is 12.7. The van der Waals surface area contributed by atoms with E-state index in [0.717, 1.165) is 0 Å². The van der Waals surface area contributed by atoms with E-state index in [1.165, 1.54) is 33.4 Å². The maximum atomic E-state index is 2.56. The van der Waals surface area contributed by atoms with Gasteiger partial charge in [-0.15, -0.1) is 0 Å². The summed E-state index contributed by atoms with van der Waals surface area (Å²) in [7, 11) is 0. The Balaban J connectivity index is 1.69. The Morgan fingerprint density at radius 2 is 1.18 bits per heavy atom. The van der Waals surface area contributed by atoms with Crippen molar-refractivity contribution in [3.63, 3.8) is 0 Å². The summed E-state index contributed by atoms with van der Waals surface area (Å²) in [4.78, 5) is 0. The van der Waals surface area contributed by atoms with Gasteiger partial charge in [-0.25, -0.2) is 0 Å². The van der Waals surface area contributed by atoms with Crippen LogP contribution in [0, 0.1) is 0 Å². The predicted molar refractivity (Wildman–Crippen MR) is 168 cm³/mol. The molecule has 0 spiro atoms. The first-order valence-electron chi connectivity index (χ1n) is 14.5. The summed E-state index contributed by atoms with van der Waals surface area (Å²) in [6, 6.07) is 34.6. The van der Waals surface area contributed by atoms with Crippen LogP contribution in [0.3, 0.4) is 0 Å². The summed E-state index contributed by atoms with van der Waals surface area (Å²) in [5.74, 6) is 0.333. The zero-order valence-electron chi connectivity index (χ0n) is 24.6. The third-order valence-electron chi connectivity index (χ3n) is 8.40. The maximum absolute atomic E-state index is 2.56. The zero-order valence-corrected chi connectivity index (χ0v) is 27.1. The molecule has 199 valence electrons. The van der Waals surface area contributed by atoms with E-state index in [1.54, 1.807) is 19.9 Å². The first kappa shape index (κ1) is 27.3. The number of fused-ring (bicyclic) bond motifs is 3. The summed E-state index contributed by atoms with van der Waals surface area (Å²) in [6.07, 6.45) is 9.26. The summed E-state index contributed by atoms with van der Waals surface area (Å²) < 4.78 is 2.03. The van der Waals surface area contributed by atoms with E-state index in [9.17, 15) is 0 Å². The molecule has 0 heterocycles. The van der Waals surface area contributed by atoms with Crippen LogP contribution in [-0.2, 0) is 33.6 Å². The molecule has 0 saturated heterocycles. The fourth-order valence-corrected chi connectivity index (χ4v) is 10.8. The van der Waals surface area contributed by atoms with Gasteiger partial charge in [0.05, 0.1) is 0 Å². The number of hydrogen-bond donors (Lipinski definition) is 0. The van der Waals surface area contributed by atoms with Gasteiger partial charge >= 0.3 is 253 Å². The van der Waals surface area contributed by atoms with Crippen molar-refractivity contribution in [1.29, 1.82) is 0 Å². The van der Waals surface area contributed by atoms with Gasteiger partial charge in [-0.05, 0) is 0 Å². The van der Waals surface area contributed by atoms with Crippen molar-refractivity contribution in [2.45, 2.75) is 61.9 Å². The minimum atomic E-state index is -1.21. The van der Waals surface area contributed by atoms with Crippen LogP contribution >= 0.6 is 0 Å². The molecule has 4 aromatic rings. The van der Waals surface area contributed by atoms with Gasteiger partial charge in [-0.2, -0.15) is 0 Å². The van der Waals surface area contributed by atoms with E-state index >= 15 is 0 Å². The monoisotopic (exact) mass is 597 g/mol. The topological polar surface area (TPSA) is 0 Å². The Labute approximate surface area is 251 Å². The summed E-state index contributed by atoms with van der Waals surface area (Å²) in [5.41, 5.74) is 13.5. The molecule has 1 atom stereocenters. The van der Waals surface area contributed by atoms with E-state index in [0.29, 0.717) is 9.54 Å². The first-order chi connectivity index (χ1) is 19.1. The Bertz CT molecular complexity index is 1580. The molecule has 2 aliphatic carbocycles. The number of rotatable bonds is 4. The van der Waals surface area contributed by atoms with Crippen LogP contribution in [0.4, 0.5) is 0 Å². The van der Waals surface area contributed by atoms with E-state index in [-0.39, 0.29) is 10.8 Å². The first-order valence-corrected chi connectivity index (χ1v) is 17.2. The second kappa shape index (κ2) is 10.5. The normalized spacial score (nSPS) is 16.1. The molecule has 0 radical (unpaired) electrons. The standard InChI is InChI=1S/C26H29.C13H10.Zr/c1-25(2,3)19-11-12-20-18(15-19)16-22-21(20)13-14-23(26(4,5)6)24(22)17-9-7-8-10-17;1-3-7-12(8-4-1)11-13-9-5-2-6-10-13;/h7-17H,1-6H3;1-10H;. The van der Waals surface area contributed by atoms with Crippen LogP contribution < -0.4 is 0 Å². The molecule has 1 unspecified atom stereocenters. The quantitative estimate of drug-likeness (QED) is 0.219. The van der Waals surface area contributed by atoms with E-state index < -0.39 is 22.8 Å². The summed E-state index contributed by atoms with van der Waals surface area (Å²) >= 11 is -1.21. The van der Waals surface area contributed by atoms with Crippen LogP contribution in [0.2, 0.25) is 0 Å². The number of benzene rings is 4. The van der Waals surface area contributed by atoms with E-state index in [4.69, 9.17) is 0 Å². The molecule has 0 aliphatic heterocycles. The summed E-state index contributed by atoms with van der Waals surface area (Å²) in [6.45, 7) is 14.2. The summed E-state index contributed by atoms with van der Waals surface area (Å²) in [5, 5.41) is 0. The second-order valence-electron chi connectivity index (χ2n) is 13.3. The fourth-order valence-electron chi connectivity index (χ4n) is 6.33. The molecule has 0 amide bonds. The molecule has 1 heteroatoms. The molecular weight excluding hydrogens is 560 g/mol. The molecule has 0 aromatic heterocycles. The van der Waals surface area contributed by atoms with Gasteiger partial charge in [0, 0.05) is 0 Å². The van der Waals surface area contributed by atoms with Gasteiger partial charge in [-0.1, -0.05) is 0 Å². The average molecular weight is 599 g/mol. The van der Waals surface area contributed by atoms with Crippen molar-refractivity contribution in [3.8, 4) is 11.1 Å². The molecule has 0 fully saturated rings. The van der Waals surface area contributed by atoms with E-state index in [2.05, 4.69) is 157 Å². The second-order valence-corrected chi connectivity index (χ2v) is 16.6. The van der Waals surface area contributed by atoms with Crippen molar-refractivity contribution in [2.24, 2.45) is 0 Å². The van der Waals surface area contributed by atoms with Crippen molar-refractivity contribution in [3.05, 3.63) is 154 Å². The Hall–Kier alpha value is -2.89. The Morgan fingerprint density at radius 1 is 0.600 bits per heavy atom. The van der Waals surface area contributed by atoms with Crippen LogP contribution in [0.25, 0.3) is 11.1 Å². The van der Waals surface area contributed by atoms with Crippen LogP contribution in [-0.4, -0.2) is 3.21 Å². The molecular formula is C39H39Zr. The Kier molecular flexibility index (Phi) is 7.17. The minimum absolute atomic E-state index is 0.0704. The van der Waals surface area contributed by atoms with Crippen LogP contribution in [0.15, 0.2) is 115 Å². The molecule has 2 aliphatic rings.